The highest BCUT2D eigenvalue weighted by Gasteiger charge is 2.08. The summed E-state index contributed by atoms with van der Waals surface area (Å²) in [6, 6.07) is 6.44. The number of thiazole rings is 1. The van der Waals surface area contributed by atoms with Crippen LogP contribution in [0.3, 0.4) is 0 Å². The topological polar surface area (TPSA) is 49.8 Å². The van der Waals surface area contributed by atoms with Crippen molar-refractivity contribution in [3.05, 3.63) is 45.7 Å². The molecule has 0 unspecified atom stereocenters. The SMILES string of the molecule is CCNC(=NCCc1sc(C)nc1C)N(C)CCOc1ccccc1F.I. The van der Waals surface area contributed by atoms with Gasteiger partial charge in [-0.3, -0.25) is 4.99 Å². The quantitative estimate of drug-likeness (QED) is 0.334. The fourth-order valence-electron chi connectivity index (χ4n) is 2.50. The molecule has 2 aromatic rings. The maximum absolute atomic E-state index is 13.6. The van der Waals surface area contributed by atoms with Crippen LogP contribution in [0.15, 0.2) is 29.3 Å². The zero-order valence-electron chi connectivity index (χ0n) is 16.3. The number of ether oxygens (including phenoxy) is 1. The monoisotopic (exact) mass is 506 g/mol. The number of aromatic nitrogens is 1. The Kier molecular flexibility index (Phi) is 10.6. The number of hydrogen-bond donors (Lipinski definition) is 1. The molecule has 1 heterocycles. The van der Waals surface area contributed by atoms with E-state index in [1.807, 2.05) is 32.7 Å². The smallest absolute Gasteiger partial charge is 0.193 e. The van der Waals surface area contributed by atoms with Gasteiger partial charge in [0.25, 0.3) is 0 Å². The first kappa shape index (κ1) is 23.6. The molecule has 2 rings (SSSR count). The minimum absolute atomic E-state index is 0. The Morgan fingerprint density at radius 3 is 2.70 bits per heavy atom. The molecule has 0 aliphatic heterocycles. The van der Waals surface area contributed by atoms with Gasteiger partial charge in [0.15, 0.2) is 17.5 Å². The Bertz CT molecular complexity index is 738. The van der Waals surface area contributed by atoms with E-state index in [-0.39, 0.29) is 35.5 Å². The lowest BCUT2D eigenvalue weighted by Crippen LogP contribution is -2.41. The normalized spacial score (nSPS) is 11.1. The fourth-order valence-corrected chi connectivity index (χ4v) is 3.42. The second-order valence-corrected chi connectivity index (χ2v) is 7.22. The second kappa shape index (κ2) is 12.1. The minimum atomic E-state index is -0.342. The third-order valence-electron chi connectivity index (χ3n) is 3.82. The molecule has 1 aromatic carbocycles. The van der Waals surface area contributed by atoms with Gasteiger partial charge in [0.05, 0.1) is 17.2 Å². The molecule has 0 aliphatic rings. The van der Waals surface area contributed by atoms with Gasteiger partial charge in [-0.25, -0.2) is 9.37 Å². The van der Waals surface area contributed by atoms with E-state index in [9.17, 15) is 4.39 Å². The predicted molar refractivity (Wildman–Crippen MR) is 121 cm³/mol. The van der Waals surface area contributed by atoms with Gasteiger partial charge in [-0.15, -0.1) is 35.3 Å². The zero-order valence-corrected chi connectivity index (χ0v) is 19.4. The molecule has 5 nitrogen and oxygen atoms in total. The summed E-state index contributed by atoms with van der Waals surface area (Å²) in [4.78, 5) is 12.4. The van der Waals surface area contributed by atoms with Gasteiger partial charge in [0.2, 0.25) is 0 Å². The van der Waals surface area contributed by atoms with Gasteiger partial charge in [-0.1, -0.05) is 12.1 Å². The Morgan fingerprint density at radius 1 is 1.33 bits per heavy atom. The summed E-state index contributed by atoms with van der Waals surface area (Å²) in [5.41, 5.74) is 1.10. The number of halogens is 2. The van der Waals surface area contributed by atoms with Crippen LogP contribution in [-0.4, -0.2) is 49.1 Å². The third-order valence-corrected chi connectivity index (χ3v) is 4.95. The molecular weight excluding hydrogens is 478 g/mol. The van der Waals surface area contributed by atoms with Crippen LogP contribution in [0.1, 0.15) is 22.5 Å². The van der Waals surface area contributed by atoms with Crippen LogP contribution < -0.4 is 10.1 Å². The first-order chi connectivity index (χ1) is 12.5. The number of aryl methyl sites for hydroxylation is 2. The lowest BCUT2D eigenvalue weighted by molar-refractivity contribution is 0.270. The molecule has 0 amide bonds. The van der Waals surface area contributed by atoms with Crippen molar-refractivity contribution in [3.63, 3.8) is 0 Å². The average molecular weight is 506 g/mol. The summed E-state index contributed by atoms with van der Waals surface area (Å²) in [7, 11) is 1.95. The molecule has 0 saturated carbocycles. The number of nitrogens with one attached hydrogen (secondary N) is 1. The van der Waals surface area contributed by atoms with E-state index in [1.54, 1.807) is 29.5 Å². The number of para-hydroxylation sites is 1. The summed E-state index contributed by atoms with van der Waals surface area (Å²) >= 11 is 1.73. The lowest BCUT2D eigenvalue weighted by Gasteiger charge is -2.22. The molecule has 27 heavy (non-hydrogen) atoms. The average Bonchev–Trinajstić information content (AvgIpc) is 2.93. The van der Waals surface area contributed by atoms with E-state index >= 15 is 0 Å². The molecule has 0 atom stereocenters. The van der Waals surface area contributed by atoms with Gasteiger partial charge < -0.3 is 15.0 Å². The van der Waals surface area contributed by atoms with E-state index in [1.165, 1.54) is 10.9 Å². The van der Waals surface area contributed by atoms with Crippen LogP contribution in [-0.2, 0) is 6.42 Å². The number of benzene rings is 1. The Balaban J connectivity index is 0.00000364. The van der Waals surface area contributed by atoms with Crippen molar-refractivity contribution < 1.29 is 9.13 Å². The standard InChI is InChI=1S/C19H27FN4OS.HI/c1-5-21-19(22-11-10-18-14(2)23-15(3)26-18)24(4)12-13-25-17-9-7-6-8-16(17)20;/h6-9H,5,10-13H2,1-4H3,(H,21,22);1H. The summed E-state index contributed by atoms with van der Waals surface area (Å²) in [5, 5.41) is 4.38. The maximum Gasteiger partial charge on any atom is 0.193 e. The van der Waals surface area contributed by atoms with E-state index in [0.29, 0.717) is 19.7 Å². The van der Waals surface area contributed by atoms with Crippen molar-refractivity contribution in [1.82, 2.24) is 15.2 Å². The highest BCUT2D eigenvalue weighted by atomic mass is 127. The number of nitrogens with zero attached hydrogens (tertiary/aromatic N) is 3. The van der Waals surface area contributed by atoms with Crippen LogP contribution in [0.2, 0.25) is 0 Å². The van der Waals surface area contributed by atoms with Crippen LogP contribution >= 0.6 is 35.3 Å². The summed E-state index contributed by atoms with van der Waals surface area (Å²) in [6.45, 7) is 8.58. The molecule has 0 fully saturated rings. The van der Waals surface area contributed by atoms with Crippen LogP contribution in [0, 0.1) is 19.7 Å². The Hall–Kier alpha value is -1.42. The number of likely N-dealkylation sites (N-methyl/N-ethyl adjacent to an activating group) is 1. The number of hydrogen-bond acceptors (Lipinski definition) is 4. The van der Waals surface area contributed by atoms with Crippen LogP contribution in [0.5, 0.6) is 5.75 Å². The molecule has 8 heteroatoms. The maximum atomic E-state index is 13.6. The molecule has 0 bridgehead atoms. The first-order valence-corrected chi connectivity index (χ1v) is 9.62. The third kappa shape index (κ3) is 7.61. The van der Waals surface area contributed by atoms with Crippen LogP contribution in [0.4, 0.5) is 4.39 Å². The highest BCUT2D eigenvalue weighted by molar-refractivity contribution is 14.0. The van der Waals surface area contributed by atoms with Crippen molar-refractivity contribution in [2.24, 2.45) is 4.99 Å². The second-order valence-electron chi connectivity index (χ2n) is 5.93. The largest absolute Gasteiger partial charge is 0.489 e. The molecule has 1 N–H and O–H groups in total. The predicted octanol–water partition coefficient (Wildman–Crippen LogP) is 4.04. The van der Waals surface area contributed by atoms with E-state index in [0.717, 1.165) is 29.6 Å². The van der Waals surface area contributed by atoms with Crippen LogP contribution in [0.25, 0.3) is 0 Å². The van der Waals surface area contributed by atoms with Crippen molar-refractivity contribution in [1.29, 1.82) is 0 Å². The molecule has 1 aromatic heterocycles. The van der Waals surface area contributed by atoms with Crippen molar-refractivity contribution in [2.45, 2.75) is 27.2 Å². The summed E-state index contributed by atoms with van der Waals surface area (Å²) < 4.78 is 19.1. The summed E-state index contributed by atoms with van der Waals surface area (Å²) in [5.74, 6) is 0.758. The van der Waals surface area contributed by atoms with Gasteiger partial charge in [-0.05, 0) is 32.9 Å². The van der Waals surface area contributed by atoms with Crippen molar-refractivity contribution >= 4 is 41.3 Å². The van der Waals surface area contributed by atoms with Crippen molar-refractivity contribution in [3.8, 4) is 5.75 Å². The van der Waals surface area contributed by atoms with E-state index in [2.05, 4.69) is 15.3 Å². The number of aliphatic imine (C=N–C) groups is 1. The summed E-state index contributed by atoms with van der Waals surface area (Å²) in [6.07, 6.45) is 0.881. The number of rotatable bonds is 8. The molecule has 0 saturated heterocycles. The first-order valence-electron chi connectivity index (χ1n) is 8.81. The molecule has 0 radical (unpaired) electrons. The molecule has 0 aliphatic carbocycles. The Morgan fingerprint density at radius 2 is 2.07 bits per heavy atom. The molecule has 150 valence electrons. The van der Waals surface area contributed by atoms with Gasteiger partial charge in [-0.2, -0.15) is 0 Å². The highest BCUT2D eigenvalue weighted by Crippen LogP contribution is 2.17. The van der Waals surface area contributed by atoms with E-state index < -0.39 is 0 Å². The Labute approximate surface area is 182 Å². The van der Waals surface area contributed by atoms with E-state index in [4.69, 9.17) is 4.74 Å². The lowest BCUT2D eigenvalue weighted by atomic mass is 10.3. The fraction of sp³-hybridized carbons (Fsp3) is 0.474. The van der Waals surface area contributed by atoms with Gasteiger partial charge >= 0.3 is 0 Å². The minimum Gasteiger partial charge on any atom is -0.489 e. The number of guanidine groups is 1. The van der Waals surface area contributed by atoms with Gasteiger partial charge in [0.1, 0.15) is 6.61 Å². The van der Waals surface area contributed by atoms with Gasteiger partial charge in [0, 0.05) is 31.4 Å². The zero-order chi connectivity index (χ0) is 18.9. The molecule has 0 spiro atoms. The molecular formula is C19H28FIN4OS. The van der Waals surface area contributed by atoms with Crippen molar-refractivity contribution in [2.75, 3.05) is 33.3 Å².